The average Bonchev–Trinajstić information content (AvgIpc) is 2.17. The van der Waals surface area contributed by atoms with Crippen molar-refractivity contribution < 1.29 is 14.7 Å². The van der Waals surface area contributed by atoms with E-state index < -0.39 is 11.0 Å². The standard InChI is InChI=1S/C13H22O3/c1-12(2,3)10(14)9-11(15)13(16)7-5-4-6-8-13/h16H,4-9H2,1-3H3. The van der Waals surface area contributed by atoms with Crippen LogP contribution in [0, 0.1) is 5.41 Å². The van der Waals surface area contributed by atoms with Gasteiger partial charge in [-0.05, 0) is 12.8 Å². The Morgan fingerprint density at radius 2 is 1.62 bits per heavy atom. The van der Waals surface area contributed by atoms with E-state index in [0.29, 0.717) is 12.8 Å². The summed E-state index contributed by atoms with van der Waals surface area (Å²) in [5, 5.41) is 10.2. The normalized spacial score (nSPS) is 20.5. The molecule has 0 heterocycles. The van der Waals surface area contributed by atoms with Crippen LogP contribution in [0.15, 0.2) is 0 Å². The average molecular weight is 226 g/mol. The van der Waals surface area contributed by atoms with Crippen LogP contribution in [0.1, 0.15) is 59.3 Å². The SMILES string of the molecule is CC(C)(C)C(=O)CC(=O)C1(O)CCCCC1. The Morgan fingerprint density at radius 3 is 2.06 bits per heavy atom. The summed E-state index contributed by atoms with van der Waals surface area (Å²) < 4.78 is 0. The van der Waals surface area contributed by atoms with Gasteiger partial charge in [0.05, 0.1) is 6.42 Å². The first-order valence-corrected chi connectivity index (χ1v) is 6.05. The molecular weight excluding hydrogens is 204 g/mol. The summed E-state index contributed by atoms with van der Waals surface area (Å²) in [6, 6.07) is 0. The van der Waals surface area contributed by atoms with Crippen LogP contribution in [0.3, 0.4) is 0 Å². The zero-order valence-corrected chi connectivity index (χ0v) is 10.5. The molecule has 0 aromatic carbocycles. The third-order valence-electron chi connectivity index (χ3n) is 3.36. The topological polar surface area (TPSA) is 54.4 Å². The molecule has 92 valence electrons. The molecule has 0 saturated heterocycles. The molecular formula is C13H22O3. The highest BCUT2D eigenvalue weighted by Crippen LogP contribution is 2.30. The van der Waals surface area contributed by atoms with E-state index in [4.69, 9.17) is 0 Å². The van der Waals surface area contributed by atoms with E-state index in [1.54, 1.807) is 20.8 Å². The lowest BCUT2D eigenvalue weighted by Gasteiger charge is -2.31. The molecule has 0 radical (unpaired) electrons. The summed E-state index contributed by atoms with van der Waals surface area (Å²) in [7, 11) is 0. The summed E-state index contributed by atoms with van der Waals surface area (Å²) >= 11 is 0. The minimum absolute atomic E-state index is 0.0866. The second-order valence-electron chi connectivity index (χ2n) is 5.87. The van der Waals surface area contributed by atoms with Crippen LogP contribution in [0.25, 0.3) is 0 Å². The number of carbonyl (C=O) groups is 2. The predicted molar refractivity (Wildman–Crippen MR) is 62.1 cm³/mol. The van der Waals surface area contributed by atoms with Crippen molar-refractivity contribution in [3.63, 3.8) is 0 Å². The van der Waals surface area contributed by atoms with Gasteiger partial charge in [-0.3, -0.25) is 9.59 Å². The van der Waals surface area contributed by atoms with Crippen LogP contribution >= 0.6 is 0 Å². The second-order valence-corrected chi connectivity index (χ2v) is 5.87. The van der Waals surface area contributed by atoms with Gasteiger partial charge in [-0.1, -0.05) is 40.0 Å². The molecule has 0 bridgehead atoms. The maximum absolute atomic E-state index is 11.9. The number of rotatable bonds is 3. The lowest BCUT2D eigenvalue weighted by atomic mass is 9.78. The molecule has 1 aliphatic carbocycles. The lowest BCUT2D eigenvalue weighted by molar-refractivity contribution is -0.145. The molecule has 1 rings (SSSR count). The number of aliphatic hydroxyl groups is 1. The van der Waals surface area contributed by atoms with E-state index in [1.165, 1.54) is 0 Å². The van der Waals surface area contributed by atoms with E-state index in [0.717, 1.165) is 19.3 Å². The number of hydrogen-bond donors (Lipinski definition) is 1. The molecule has 0 aromatic rings. The number of ketones is 2. The third-order valence-corrected chi connectivity index (χ3v) is 3.36. The first kappa shape index (κ1) is 13.4. The van der Waals surface area contributed by atoms with Crippen molar-refractivity contribution in [2.24, 2.45) is 5.41 Å². The molecule has 0 amide bonds. The van der Waals surface area contributed by atoms with Crippen LogP contribution in [-0.4, -0.2) is 22.3 Å². The number of hydrogen-bond acceptors (Lipinski definition) is 3. The summed E-state index contributed by atoms with van der Waals surface area (Å²) in [4.78, 5) is 23.6. The van der Waals surface area contributed by atoms with Gasteiger partial charge in [-0.15, -0.1) is 0 Å². The fraction of sp³-hybridized carbons (Fsp3) is 0.846. The summed E-state index contributed by atoms with van der Waals surface area (Å²) in [6.45, 7) is 5.40. The fourth-order valence-corrected chi connectivity index (χ4v) is 1.99. The Hall–Kier alpha value is -0.700. The molecule has 1 N–H and O–H groups in total. The van der Waals surface area contributed by atoms with E-state index in [-0.39, 0.29) is 18.0 Å². The summed E-state index contributed by atoms with van der Waals surface area (Å²) in [6.07, 6.45) is 3.74. The van der Waals surface area contributed by atoms with Crippen molar-refractivity contribution in [1.82, 2.24) is 0 Å². The third kappa shape index (κ3) is 3.14. The minimum atomic E-state index is -1.22. The van der Waals surface area contributed by atoms with Gasteiger partial charge in [0.25, 0.3) is 0 Å². The Bertz CT molecular complexity index is 280. The maximum Gasteiger partial charge on any atom is 0.171 e. The fourth-order valence-electron chi connectivity index (χ4n) is 1.99. The van der Waals surface area contributed by atoms with Gasteiger partial charge >= 0.3 is 0 Å². The molecule has 0 atom stereocenters. The molecule has 3 heteroatoms. The van der Waals surface area contributed by atoms with Crippen LogP contribution in [-0.2, 0) is 9.59 Å². The van der Waals surface area contributed by atoms with Crippen molar-refractivity contribution in [2.45, 2.75) is 64.9 Å². The highest BCUT2D eigenvalue weighted by molar-refractivity contribution is 6.04. The molecule has 0 unspecified atom stereocenters. The quantitative estimate of drug-likeness (QED) is 0.751. The monoisotopic (exact) mass is 226 g/mol. The minimum Gasteiger partial charge on any atom is -0.382 e. The van der Waals surface area contributed by atoms with Crippen molar-refractivity contribution >= 4 is 11.6 Å². The second kappa shape index (κ2) is 4.66. The number of carbonyl (C=O) groups excluding carboxylic acids is 2. The zero-order valence-electron chi connectivity index (χ0n) is 10.5. The first-order valence-electron chi connectivity index (χ1n) is 6.05. The zero-order chi connectivity index (χ0) is 12.4. The van der Waals surface area contributed by atoms with E-state index in [2.05, 4.69) is 0 Å². The van der Waals surface area contributed by atoms with Gasteiger partial charge in [0.15, 0.2) is 5.78 Å². The van der Waals surface area contributed by atoms with E-state index in [1.807, 2.05) is 0 Å². The summed E-state index contributed by atoms with van der Waals surface area (Å²) in [5.74, 6) is -0.372. The molecule has 0 spiro atoms. The Labute approximate surface area is 97.2 Å². The largest absolute Gasteiger partial charge is 0.382 e. The van der Waals surface area contributed by atoms with E-state index >= 15 is 0 Å². The first-order chi connectivity index (χ1) is 7.26. The van der Waals surface area contributed by atoms with Crippen molar-refractivity contribution in [2.75, 3.05) is 0 Å². The van der Waals surface area contributed by atoms with Gasteiger partial charge in [0, 0.05) is 5.41 Å². The van der Waals surface area contributed by atoms with E-state index in [9.17, 15) is 14.7 Å². The van der Waals surface area contributed by atoms with Gasteiger partial charge in [-0.25, -0.2) is 0 Å². The van der Waals surface area contributed by atoms with Gasteiger partial charge < -0.3 is 5.11 Å². The molecule has 0 aromatic heterocycles. The predicted octanol–water partition coefficient (Wildman–Crippen LogP) is 2.26. The van der Waals surface area contributed by atoms with Crippen LogP contribution in [0.2, 0.25) is 0 Å². The summed E-state index contributed by atoms with van der Waals surface area (Å²) in [5.41, 5.74) is -1.72. The smallest absolute Gasteiger partial charge is 0.171 e. The Morgan fingerprint density at radius 1 is 1.12 bits per heavy atom. The lowest BCUT2D eigenvalue weighted by Crippen LogP contribution is -2.42. The highest BCUT2D eigenvalue weighted by atomic mass is 16.3. The van der Waals surface area contributed by atoms with Crippen molar-refractivity contribution in [3.8, 4) is 0 Å². The van der Waals surface area contributed by atoms with Gasteiger partial charge in [-0.2, -0.15) is 0 Å². The van der Waals surface area contributed by atoms with Gasteiger partial charge in [0.1, 0.15) is 11.4 Å². The van der Waals surface area contributed by atoms with Crippen molar-refractivity contribution in [1.29, 1.82) is 0 Å². The molecule has 1 saturated carbocycles. The molecule has 16 heavy (non-hydrogen) atoms. The van der Waals surface area contributed by atoms with Crippen molar-refractivity contribution in [3.05, 3.63) is 0 Å². The van der Waals surface area contributed by atoms with Crippen LogP contribution in [0.4, 0.5) is 0 Å². The highest BCUT2D eigenvalue weighted by Gasteiger charge is 2.38. The Balaban J connectivity index is 2.61. The Kier molecular flexibility index (Phi) is 3.89. The maximum atomic E-state index is 11.9. The van der Waals surface area contributed by atoms with Gasteiger partial charge in [0.2, 0.25) is 0 Å². The molecule has 0 aliphatic heterocycles. The molecule has 1 aliphatic rings. The molecule has 3 nitrogen and oxygen atoms in total. The van der Waals surface area contributed by atoms with Crippen LogP contribution < -0.4 is 0 Å². The molecule has 1 fully saturated rings. The van der Waals surface area contributed by atoms with Crippen LogP contribution in [0.5, 0.6) is 0 Å². The number of Topliss-reactive ketones (excluding diaryl/α,β-unsaturated/α-hetero) is 2.